The minimum Gasteiger partial charge on any atom is -0.348 e. The number of nitrogens with one attached hydrogen (secondary N) is 1. The molecule has 0 radical (unpaired) electrons. The van der Waals surface area contributed by atoms with Crippen LogP contribution < -0.4 is 5.32 Å². The molecule has 1 aromatic heterocycles. The minimum absolute atomic E-state index is 0.186. The highest BCUT2D eigenvalue weighted by atomic mass is 35.5. The van der Waals surface area contributed by atoms with E-state index in [-0.39, 0.29) is 5.91 Å². The predicted octanol–water partition coefficient (Wildman–Crippen LogP) is 2.99. The van der Waals surface area contributed by atoms with Gasteiger partial charge < -0.3 is 10.2 Å². The number of likely N-dealkylation sites (N-methyl/N-ethyl adjacent to an activating group) is 1. The maximum atomic E-state index is 11.8. The molecule has 1 aromatic rings. The first-order valence-corrected chi connectivity index (χ1v) is 9.12. The zero-order valence-electron chi connectivity index (χ0n) is 13.6. The molecule has 1 amide bonds. The predicted molar refractivity (Wildman–Crippen MR) is 93.7 cm³/mol. The molecular formula is C16H26ClN3OS. The Hall–Kier alpha value is -0.620. The first kappa shape index (κ1) is 17.7. The average molecular weight is 344 g/mol. The number of carbonyl (C=O) groups excluding carboxylic acids is 1. The van der Waals surface area contributed by atoms with Gasteiger partial charge >= 0.3 is 0 Å². The lowest BCUT2D eigenvalue weighted by atomic mass is 10.0. The van der Waals surface area contributed by atoms with E-state index in [0.29, 0.717) is 18.6 Å². The van der Waals surface area contributed by atoms with E-state index >= 15 is 0 Å². The van der Waals surface area contributed by atoms with Gasteiger partial charge in [0.2, 0.25) is 5.91 Å². The van der Waals surface area contributed by atoms with E-state index in [1.807, 2.05) is 20.2 Å². The minimum atomic E-state index is 0.186. The van der Waals surface area contributed by atoms with Crippen LogP contribution in [-0.2, 0) is 4.79 Å². The van der Waals surface area contributed by atoms with E-state index in [0.717, 1.165) is 36.7 Å². The Balaban J connectivity index is 1.80. The van der Waals surface area contributed by atoms with Gasteiger partial charge in [0.15, 0.2) is 0 Å². The summed E-state index contributed by atoms with van der Waals surface area (Å²) in [6, 6.07) is 5.01. The molecule has 6 heteroatoms. The lowest BCUT2D eigenvalue weighted by Gasteiger charge is -2.34. The summed E-state index contributed by atoms with van der Waals surface area (Å²) in [6.07, 6.45) is 3.25. The van der Waals surface area contributed by atoms with Crippen LogP contribution in [0.5, 0.6) is 0 Å². The average Bonchev–Trinajstić information content (AvgIpc) is 2.92. The van der Waals surface area contributed by atoms with Crippen molar-refractivity contribution in [3.05, 3.63) is 21.3 Å². The molecular weight excluding hydrogens is 318 g/mol. The van der Waals surface area contributed by atoms with E-state index in [1.165, 1.54) is 4.88 Å². The number of rotatable bonds is 6. The Kier molecular flexibility index (Phi) is 6.68. The Morgan fingerprint density at radius 3 is 2.64 bits per heavy atom. The Morgan fingerprint density at radius 1 is 1.45 bits per heavy atom. The van der Waals surface area contributed by atoms with Gasteiger partial charge in [0, 0.05) is 44.1 Å². The van der Waals surface area contributed by atoms with Gasteiger partial charge in [0.1, 0.15) is 0 Å². The molecule has 1 saturated heterocycles. The molecule has 2 heterocycles. The molecule has 2 rings (SSSR count). The fraction of sp³-hybridized carbons (Fsp3) is 0.688. The number of thiophene rings is 1. The first-order chi connectivity index (χ1) is 10.5. The number of halogens is 1. The molecule has 1 aliphatic heterocycles. The van der Waals surface area contributed by atoms with Crippen molar-refractivity contribution in [2.24, 2.45) is 0 Å². The van der Waals surface area contributed by atoms with Crippen LogP contribution in [0.15, 0.2) is 12.1 Å². The van der Waals surface area contributed by atoms with Gasteiger partial charge in [-0.3, -0.25) is 9.69 Å². The van der Waals surface area contributed by atoms with Crippen molar-refractivity contribution in [2.45, 2.75) is 38.3 Å². The van der Waals surface area contributed by atoms with Crippen molar-refractivity contribution in [1.29, 1.82) is 0 Å². The molecule has 124 valence electrons. The second-order valence-electron chi connectivity index (χ2n) is 6.11. The van der Waals surface area contributed by atoms with Crippen LogP contribution in [0.25, 0.3) is 0 Å². The summed E-state index contributed by atoms with van der Waals surface area (Å²) in [7, 11) is 3.63. The van der Waals surface area contributed by atoms with Crippen molar-refractivity contribution in [2.75, 3.05) is 33.7 Å². The third kappa shape index (κ3) is 4.95. The normalized spacial score (nSPS) is 18.4. The number of carbonyl (C=O) groups is 1. The quantitative estimate of drug-likeness (QED) is 0.862. The second kappa shape index (κ2) is 8.29. The van der Waals surface area contributed by atoms with E-state index in [2.05, 4.69) is 23.2 Å². The highest BCUT2D eigenvalue weighted by Crippen LogP contribution is 2.29. The van der Waals surface area contributed by atoms with Crippen molar-refractivity contribution >= 4 is 28.8 Å². The van der Waals surface area contributed by atoms with Gasteiger partial charge in [-0.25, -0.2) is 0 Å². The summed E-state index contributed by atoms with van der Waals surface area (Å²) in [6.45, 7) is 4.71. The largest absolute Gasteiger partial charge is 0.348 e. The number of hydrogen-bond donors (Lipinski definition) is 1. The van der Waals surface area contributed by atoms with Gasteiger partial charge in [0.05, 0.1) is 10.9 Å². The molecule has 22 heavy (non-hydrogen) atoms. The number of piperidine rings is 1. The summed E-state index contributed by atoms with van der Waals surface area (Å²) in [4.78, 5) is 17.0. The molecule has 1 aliphatic rings. The molecule has 0 aromatic carbocycles. The van der Waals surface area contributed by atoms with Crippen molar-refractivity contribution in [3.8, 4) is 0 Å². The molecule has 0 unspecified atom stereocenters. The van der Waals surface area contributed by atoms with Crippen LogP contribution >= 0.6 is 22.9 Å². The Bertz CT molecular complexity index is 483. The van der Waals surface area contributed by atoms with Crippen LogP contribution in [-0.4, -0.2) is 55.5 Å². The molecule has 0 bridgehead atoms. The SMILES string of the molecule is CC[C@@H](NC1CCN(CC(=O)N(C)C)CC1)c1ccc(Cl)s1. The first-order valence-electron chi connectivity index (χ1n) is 7.93. The fourth-order valence-corrected chi connectivity index (χ4v) is 4.00. The van der Waals surface area contributed by atoms with Gasteiger partial charge in [0.25, 0.3) is 0 Å². The van der Waals surface area contributed by atoms with E-state index in [1.54, 1.807) is 16.2 Å². The summed E-state index contributed by atoms with van der Waals surface area (Å²) < 4.78 is 0.854. The third-order valence-corrected chi connectivity index (χ3v) is 5.57. The van der Waals surface area contributed by atoms with Gasteiger partial charge in [-0.2, -0.15) is 0 Å². The van der Waals surface area contributed by atoms with Gasteiger partial charge in [-0.05, 0) is 31.4 Å². The van der Waals surface area contributed by atoms with Crippen LogP contribution in [0.3, 0.4) is 0 Å². The maximum Gasteiger partial charge on any atom is 0.236 e. The molecule has 0 aliphatic carbocycles. The fourth-order valence-electron chi connectivity index (χ4n) is 2.79. The van der Waals surface area contributed by atoms with E-state index in [9.17, 15) is 4.79 Å². The van der Waals surface area contributed by atoms with E-state index < -0.39 is 0 Å². The highest BCUT2D eigenvalue weighted by molar-refractivity contribution is 7.16. The number of likely N-dealkylation sites (tertiary alicyclic amines) is 1. The number of nitrogens with zero attached hydrogens (tertiary/aromatic N) is 2. The number of hydrogen-bond acceptors (Lipinski definition) is 4. The summed E-state index contributed by atoms with van der Waals surface area (Å²) >= 11 is 7.71. The second-order valence-corrected chi connectivity index (χ2v) is 7.85. The van der Waals surface area contributed by atoms with E-state index in [4.69, 9.17) is 11.6 Å². The molecule has 1 fully saturated rings. The topological polar surface area (TPSA) is 35.6 Å². The van der Waals surface area contributed by atoms with Gasteiger partial charge in [-0.15, -0.1) is 11.3 Å². The summed E-state index contributed by atoms with van der Waals surface area (Å²) in [5, 5.41) is 3.76. The van der Waals surface area contributed by atoms with Crippen LogP contribution in [0.2, 0.25) is 4.34 Å². The number of amides is 1. The summed E-state index contributed by atoms with van der Waals surface area (Å²) in [5.41, 5.74) is 0. The highest BCUT2D eigenvalue weighted by Gasteiger charge is 2.23. The molecule has 0 spiro atoms. The third-order valence-electron chi connectivity index (χ3n) is 4.23. The molecule has 0 saturated carbocycles. The maximum absolute atomic E-state index is 11.8. The standard InChI is InChI=1S/C16H26ClN3OS/c1-4-13(14-5-6-15(17)22-14)18-12-7-9-20(10-8-12)11-16(21)19(2)3/h5-6,12-13,18H,4,7-11H2,1-3H3/t13-/m1/s1. The smallest absolute Gasteiger partial charge is 0.236 e. The zero-order valence-corrected chi connectivity index (χ0v) is 15.2. The van der Waals surface area contributed by atoms with Crippen molar-refractivity contribution in [3.63, 3.8) is 0 Å². The van der Waals surface area contributed by atoms with Crippen LogP contribution in [0.4, 0.5) is 0 Å². The monoisotopic (exact) mass is 343 g/mol. The van der Waals surface area contributed by atoms with Crippen LogP contribution in [0.1, 0.15) is 37.1 Å². The zero-order chi connectivity index (χ0) is 16.1. The summed E-state index contributed by atoms with van der Waals surface area (Å²) in [5.74, 6) is 0.186. The van der Waals surface area contributed by atoms with Gasteiger partial charge in [-0.1, -0.05) is 18.5 Å². The lowest BCUT2D eigenvalue weighted by Crippen LogP contribution is -2.46. The van der Waals surface area contributed by atoms with Crippen LogP contribution in [0, 0.1) is 0 Å². The molecule has 1 N–H and O–H groups in total. The van der Waals surface area contributed by atoms with Crippen molar-refractivity contribution < 1.29 is 4.79 Å². The van der Waals surface area contributed by atoms with Crippen molar-refractivity contribution in [1.82, 2.24) is 15.1 Å². The Morgan fingerprint density at radius 2 is 2.14 bits per heavy atom. The molecule has 4 nitrogen and oxygen atoms in total. The lowest BCUT2D eigenvalue weighted by molar-refractivity contribution is -0.130. The Labute approximate surface area is 142 Å². The molecule has 1 atom stereocenters.